The Morgan fingerprint density at radius 1 is 1.11 bits per heavy atom. The van der Waals surface area contributed by atoms with Gasteiger partial charge in [0.05, 0.1) is 5.56 Å². The third-order valence-corrected chi connectivity index (χ3v) is 7.13. The van der Waals surface area contributed by atoms with Crippen molar-refractivity contribution in [3.63, 3.8) is 0 Å². The molecule has 2 atom stereocenters. The fourth-order valence-corrected chi connectivity index (χ4v) is 5.19. The van der Waals surface area contributed by atoms with Gasteiger partial charge in [-0.05, 0) is 62.0 Å². The molecule has 38 heavy (non-hydrogen) atoms. The molecule has 4 aromatic rings. The maximum atomic E-state index is 13.4. The van der Waals surface area contributed by atoms with E-state index in [1.54, 1.807) is 12.3 Å². The lowest BCUT2D eigenvalue weighted by atomic mass is 9.98. The van der Waals surface area contributed by atoms with Crippen LogP contribution in [0, 0.1) is 12.3 Å². The zero-order chi connectivity index (χ0) is 26.2. The molecule has 0 saturated carbocycles. The van der Waals surface area contributed by atoms with E-state index in [0.29, 0.717) is 29.4 Å². The smallest absolute Gasteiger partial charge is 0.268 e. The number of carbonyl (C=O) groups excluding carboxylic acids is 1. The number of pyridine rings is 1. The van der Waals surface area contributed by atoms with E-state index < -0.39 is 11.6 Å². The topological polar surface area (TPSA) is 104 Å². The number of terminal acetylenes is 1. The van der Waals surface area contributed by atoms with E-state index in [0.717, 1.165) is 42.1 Å². The molecule has 0 radical (unpaired) electrons. The first-order chi connectivity index (χ1) is 18.5. The highest BCUT2D eigenvalue weighted by Gasteiger charge is 2.30. The van der Waals surface area contributed by atoms with E-state index in [4.69, 9.17) is 6.42 Å². The number of amides is 1. The molecule has 2 aliphatic heterocycles. The number of benzene rings is 2. The first-order valence-electron chi connectivity index (χ1n) is 12.6. The van der Waals surface area contributed by atoms with Gasteiger partial charge in [-0.2, -0.15) is 4.98 Å². The number of rotatable bonds is 5. The molecule has 1 fully saturated rings. The van der Waals surface area contributed by atoms with Gasteiger partial charge in [0.15, 0.2) is 0 Å². The van der Waals surface area contributed by atoms with Crippen LogP contribution in [0.5, 0.6) is 0 Å². The number of hydrogen-bond donors (Lipinski definition) is 3. The fourth-order valence-electron chi connectivity index (χ4n) is 5.19. The molecule has 0 aliphatic carbocycles. The average Bonchev–Trinajstić information content (AvgIpc) is 3.33. The number of para-hydroxylation sites is 1. The Hall–Kier alpha value is -4.68. The largest absolute Gasteiger partial charge is 0.381 e. The molecule has 2 aromatic heterocycles. The molecule has 1 amide bonds. The summed E-state index contributed by atoms with van der Waals surface area (Å²) in [5.74, 6) is 2.47. The predicted octanol–water partition coefficient (Wildman–Crippen LogP) is 3.37. The number of anilines is 4. The van der Waals surface area contributed by atoms with Gasteiger partial charge in [-0.3, -0.25) is 14.2 Å². The number of nitrogens with zero attached hydrogens (tertiary/aromatic N) is 4. The van der Waals surface area contributed by atoms with Gasteiger partial charge < -0.3 is 20.9 Å². The van der Waals surface area contributed by atoms with Crippen LogP contribution in [0.1, 0.15) is 23.6 Å². The van der Waals surface area contributed by atoms with Crippen molar-refractivity contribution in [3.05, 3.63) is 82.3 Å². The van der Waals surface area contributed by atoms with E-state index >= 15 is 0 Å². The number of fused-ring (bicyclic) bond motifs is 2. The summed E-state index contributed by atoms with van der Waals surface area (Å²) < 4.78 is 1.40. The number of likely N-dealkylation sites (N-methyl/N-ethyl adjacent to an activating group) is 1. The maximum absolute atomic E-state index is 13.4. The van der Waals surface area contributed by atoms with Crippen LogP contribution in [-0.4, -0.2) is 51.5 Å². The van der Waals surface area contributed by atoms with Crippen molar-refractivity contribution in [1.82, 2.24) is 19.4 Å². The Morgan fingerprint density at radius 3 is 2.66 bits per heavy atom. The Labute approximate surface area is 219 Å². The molecular formula is C29H27N7O2. The molecule has 190 valence electrons. The van der Waals surface area contributed by atoms with Gasteiger partial charge in [0, 0.05) is 47.7 Å². The van der Waals surface area contributed by atoms with Gasteiger partial charge in [0.1, 0.15) is 11.7 Å². The van der Waals surface area contributed by atoms with E-state index in [1.807, 2.05) is 48.5 Å². The normalized spacial score (nSPS) is 19.0. The van der Waals surface area contributed by atoms with Gasteiger partial charge in [0.2, 0.25) is 11.9 Å². The molecule has 0 bridgehead atoms. The van der Waals surface area contributed by atoms with E-state index in [1.165, 1.54) is 4.57 Å². The Balaban J connectivity index is 1.32. The summed E-state index contributed by atoms with van der Waals surface area (Å²) in [6.45, 7) is 2.12. The highest BCUT2D eigenvalue weighted by molar-refractivity contribution is 5.97. The minimum atomic E-state index is -0.795. The lowest BCUT2D eigenvalue weighted by Gasteiger charge is -2.27. The van der Waals surface area contributed by atoms with Crippen molar-refractivity contribution in [1.29, 1.82) is 0 Å². The standard InChI is InChI=1S/C29H27N7O2/c1-3-18-14-20-16-30-29(32-22-10-8-21(9-11-22)31-23-12-13-35(2)17-23)34-26(20)36(28(18)38)25-15-19-6-4-5-7-24(19)33-27(25)37/h1,4-11,14,16,23,25,31H,12-13,15,17H2,2H3,(H,33,37)(H,30,32,34). The van der Waals surface area contributed by atoms with E-state index in [9.17, 15) is 9.59 Å². The number of aromatic nitrogens is 3. The van der Waals surface area contributed by atoms with Crippen LogP contribution in [0.15, 0.2) is 65.6 Å². The second-order valence-corrected chi connectivity index (χ2v) is 9.81. The summed E-state index contributed by atoms with van der Waals surface area (Å²) in [6.07, 6.45) is 8.71. The zero-order valence-corrected chi connectivity index (χ0v) is 20.9. The zero-order valence-electron chi connectivity index (χ0n) is 20.9. The summed E-state index contributed by atoms with van der Waals surface area (Å²) in [6, 6.07) is 16.7. The minimum Gasteiger partial charge on any atom is -0.381 e. The summed E-state index contributed by atoms with van der Waals surface area (Å²) in [5.41, 5.74) is 3.60. The van der Waals surface area contributed by atoms with Crippen LogP contribution in [0.2, 0.25) is 0 Å². The minimum absolute atomic E-state index is 0.157. The highest BCUT2D eigenvalue weighted by atomic mass is 16.2. The van der Waals surface area contributed by atoms with Crippen molar-refractivity contribution in [2.45, 2.75) is 24.9 Å². The summed E-state index contributed by atoms with van der Waals surface area (Å²) in [4.78, 5) is 37.9. The van der Waals surface area contributed by atoms with Crippen molar-refractivity contribution in [2.24, 2.45) is 0 Å². The molecule has 3 N–H and O–H groups in total. The fraction of sp³-hybridized carbons (Fsp3) is 0.241. The molecule has 0 spiro atoms. The number of nitrogens with one attached hydrogen (secondary N) is 3. The van der Waals surface area contributed by atoms with E-state index in [-0.39, 0.29) is 11.5 Å². The molecule has 4 heterocycles. The second-order valence-electron chi connectivity index (χ2n) is 9.81. The molecular weight excluding hydrogens is 478 g/mol. The Morgan fingerprint density at radius 2 is 1.89 bits per heavy atom. The second kappa shape index (κ2) is 9.65. The predicted molar refractivity (Wildman–Crippen MR) is 149 cm³/mol. The maximum Gasteiger partial charge on any atom is 0.268 e. The molecule has 9 heteroatoms. The molecule has 2 unspecified atom stereocenters. The number of likely N-dealkylation sites (tertiary alicyclic amines) is 1. The lowest BCUT2D eigenvalue weighted by molar-refractivity contribution is -0.119. The molecule has 2 aliphatic rings. The van der Waals surface area contributed by atoms with Crippen LogP contribution in [-0.2, 0) is 11.2 Å². The molecule has 2 aromatic carbocycles. The van der Waals surface area contributed by atoms with Crippen molar-refractivity contribution in [2.75, 3.05) is 36.1 Å². The first-order valence-corrected chi connectivity index (χ1v) is 12.6. The van der Waals surface area contributed by atoms with Crippen molar-refractivity contribution in [3.8, 4) is 12.3 Å². The highest BCUT2D eigenvalue weighted by Crippen LogP contribution is 2.29. The monoisotopic (exact) mass is 505 g/mol. The summed E-state index contributed by atoms with van der Waals surface area (Å²) >= 11 is 0. The van der Waals surface area contributed by atoms with E-state index in [2.05, 4.69) is 43.8 Å². The number of carbonyl (C=O) groups is 1. The Bertz CT molecular complexity index is 1640. The lowest BCUT2D eigenvalue weighted by Crippen LogP contribution is -2.38. The van der Waals surface area contributed by atoms with Gasteiger partial charge >= 0.3 is 0 Å². The quantitative estimate of drug-likeness (QED) is 0.357. The van der Waals surface area contributed by atoms with Crippen LogP contribution >= 0.6 is 0 Å². The van der Waals surface area contributed by atoms with Gasteiger partial charge in [0.25, 0.3) is 5.56 Å². The average molecular weight is 506 g/mol. The van der Waals surface area contributed by atoms with Crippen molar-refractivity contribution >= 4 is 40.0 Å². The third-order valence-electron chi connectivity index (χ3n) is 7.13. The van der Waals surface area contributed by atoms with Gasteiger partial charge in [-0.15, -0.1) is 6.42 Å². The van der Waals surface area contributed by atoms with Crippen LogP contribution < -0.4 is 21.5 Å². The molecule has 9 nitrogen and oxygen atoms in total. The van der Waals surface area contributed by atoms with Crippen LogP contribution in [0.3, 0.4) is 0 Å². The van der Waals surface area contributed by atoms with Gasteiger partial charge in [-0.25, -0.2) is 4.98 Å². The van der Waals surface area contributed by atoms with Crippen molar-refractivity contribution < 1.29 is 4.79 Å². The summed E-state index contributed by atoms with van der Waals surface area (Å²) in [5, 5.41) is 10.3. The number of hydrogen-bond acceptors (Lipinski definition) is 7. The SMILES string of the molecule is C#Cc1cc2cnc(Nc3ccc(NC4CCN(C)C4)cc3)nc2n(C2Cc3ccccc3NC2=O)c1=O. The first kappa shape index (κ1) is 23.7. The van der Waals surface area contributed by atoms with Crippen LogP contribution in [0.25, 0.3) is 11.0 Å². The Kier molecular flexibility index (Phi) is 6.02. The molecule has 1 saturated heterocycles. The van der Waals surface area contributed by atoms with Crippen LogP contribution in [0.4, 0.5) is 23.0 Å². The third kappa shape index (κ3) is 4.46. The van der Waals surface area contributed by atoms with Gasteiger partial charge in [-0.1, -0.05) is 24.1 Å². The summed E-state index contributed by atoms with van der Waals surface area (Å²) in [7, 11) is 2.13. The molecule has 6 rings (SSSR count).